The molecule has 3 aliphatic rings. The van der Waals surface area contributed by atoms with Crippen LogP contribution < -0.4 is 9.64 Å². The highest BCUT2D eigenvalue weighted by atomic mass is 16.6. The summed E-state index contributed by atoms with van der Waals surface area (Å²) in [6.45, 7) is 11.9. The van der Waals surface area contributed by atoms with Gasteiger partial charge in [-0.05, 0) is 49.6 Å². The van der Waals surface area contributed by atoms with Gasteiger partial charge in [0.2, 0.25) is 0 Å². The van der Waals surface area contributed by atoms with Crippen molar-refractivity contribution in [3.05, 3.63) is 95.1 Å². The number of nitrogens with zero attached hydrogens (tertiary/aromatic N) is 2. The third-order valence-corrected chi connectivity index (χ3v) is 8.39. The minimum Gasteiger partial charge on any atom is -0.493 e. The van der Waals surface area contributed by atoms with Crippen LogP contribution in [0.5, 0.6) is 5.75 Å². The molecule has 3 aromatic carbocycles. The summed E-state index contributed by atoms with van der Waals surface area (Å²) in [6, 6.07) is 24.4. The predicted molar refractivity (Wildman–Crippen MR) is 153 cm³/mol. The molecule has 3 aliphatic heterocycles. The first-order chi connectivity index (χ1) is 18.4. The number of ether oxygens (including phenoxy) is 2. The van der Waals surface area contributed by atoms with Gasteiger partial charge in [-0.1, -0.05) is 66.2 Å². The number of para-hydroxylation sites is 1. The maximum atomic E-state index is 13.6. The quantitative estimate of drug-likeness (QED) is 0.232. The van der Waals surface area contributed by atoms with Crippen LogP contribution in [0, 0.1) is 26.7 Å². The van der Waals surface area contributed by atoms with Crippen LogP contribution in [0.15, 0.2) is 72.8 Å². The van der Waals surface area contributed by atoms with Crippen molar-refractivity contribution in [2.45, 2.75) is 52.7 Å². The molecule has 0 N–H and O–H groups in total. The van der Waals surface area contributed by atoms with E-state index in [2.05, 4.69) is 45.0 Å². The lowest BCUT2D eigenvalue weighted by atomic mass is 9.83. The summed E-state index contributed by atoms with van der Waals surface area (Å²) >= 11 is 0. The van der Waals surface area contributed by atoms with Crippen molar-refractivity contribution in [1.82, 2.24) is 0 Å². The summed E-state index contributed by atoms with van der Waals surface area (Å²) in [5, 5.41) is 0. The van der Waals surface area contributed by atoms with E-state index in [9.17, 15) is 4.79 Å². The Morgan fingerprint density at radius 2 is 1.55 bits per heavy atom. The zero-order valence-corrected chi connectivity index (χ0v) is 23.1. The van der Waals surface area contributed by atoms with Gasteiger partial charge in [0.15, 0.2) is 6.10 Å². The third-order valence-electron chi connectivity index (χ3n) is 8.39. The molecule has 3 saturated heterocycles. The lowest BCUT2D eigenvalue weighted by Crippen LogP contribution is -2.65. The van der Waals surface area contributed by atoms with Crippen molar-refractivity contribution in [3.63, 3.8) is 0 Å². The van der Waals surface area contributed by atoms with Gasteiger partial charge in [-0.3, -0.25) is 4.90 Å². The molecule has 5 nitrogen and oxygen atoms in total. The lowest BCUT2D eigenvalue weighted by molar-refractivity contribution is -0.946. The van der Waals surface area contributed by atoms with E-state index in [1.165, 1.54) is 29.8 Å². The smallest absolute Gasteiger partial charge is 0.415 e. The van der Waals surface area contributed by atoms with Gasteiger partial charge < -0.3 is 14.0 Å². The number of carbonyl (C=O) groups excluding carboxylic acids is 1. The van der Waals surface area contributed by atoms with Gasteiger partial charge in [0, 0.05) is 30.9 Å². The van der Waals surface area contributed by atoms with Crippen LogP contribution >= 0.6 is 0 Å². The Labute approximate surface area is 227 Å². The largest absolute Gasteiger partial charge is 0.493 e. The molecule has 3 aromatic rings. The number of benzene rings is 3. The van der Waals surface area contributed by atoms with E-state index in [0.29, 0.717) is 12.5 Å². The molecule has 3 heterocycles. The summed E-state index contributed by atoms with van der Waals surface area (Å²) in [4.78, 5) is 15.4. The Morgan fingerprint density at radius 1 is 0.921 bits per heavy atom. The van der Waals surface area contributed by atoms with E-state index in [-0.39, 0.29) is 12.2 Å². The highest BCUT2D eigenvalue weighted by molar-refractivity contribution is 5.87. The number of carbonyl (C=O) groups is 1. The van der Waals surface area contributed by atoms with Crippen LogP contribution in [0.1, 0.15) is 41.5 Å². The lowest BCUT2D eigenvalue weighted by Gasteiger charge is -2.52. The number of fused-ring (bicyclic) bond motifs is 3. The topological polar surface area (TPSA) is 38.8 Å². The number of amides is 1. The van der Waals surface area contributed by atoms with Crippen LogP contribution in [-0.2, 0) is 11.3 Å². The molecule has 38 heavy (non-hydrogen) atoms. The van der Waals surface area contributed by atoms with Crippen molar-refractivity contribution in [3.8, 4) is 5.75 Å². The fourth-order valence-electron chi connectivity index (χ4n) is 6.47. The molecular formula is C33H41N2O3+. The van der Waals surface area contributed by atoms with Crippen LogP contribution in [0.3, 0.4) is 0 Å². The molecule has 1 atom stereocenters. The standard InChI is InChI=1S/C33H41N2O3/c1-25-21-26(2)32(27(3)22-25)37-20-10-17-35-18-15-29(16-19-35)31(24-35)38-33(36)34(30-13-8-5-9-14-30)23-28-11-6-4-7-12-28/h4-9,11-14,21-22,29,31H,10,15-20,23-24H2,1-3H3/q+1/t29?,31-,35?/m0/s1. The molecule has 0 aromatic heterocycles. The van der Waals surface area contributed by atoms with E-state index < -0.39 is 0 Å². The SMILES string of the molecule is Cc1cc(C)c(OCCC[N+]23CCC(CC2)[C@@H](OC(=O)N(Cc2ccccc2)c2ccccc2)C3)c(C)c1. The Morgan fingerprint density at radius 3 is 2.21 bits per heavy atom. The maximum Gasteiger partial charge on any atom is 0.415 e. The molecule has 200 valence electrons. The molecule has 0 aliphatic carbocycles. The third kappa shape index (κ3) is 6.05. The minimum atomic E-state index is -0.245. The number of quaternary nitrogens is 1. The summed E-state index contributed by atoms with van der Waals surface area (Å²) in [5.41, 5.74) is 5.64. The number of hydrogen-bond acceptors (Lipinski definition) is 3. The van der Waals surface area contributed by atoms with Gasteiger partial charge in [-0.15, -0.1) is 0 Å². The Hall–Kier alpha value is -3.31. The highest BCUT2D eigenvalue weighted by Gasteiger charge is 2.47. The highest BCUT2D eigenvalue weighted by Crippen LogP contribution is 2.36. The summed E-state index contributed by atoms with van der Waals surface area (Å²) in [6.07, 6.45) is 2.97. The number of hydrogen-bond donors (Lipinski definition) is 0. The minimum absolute atomic E-state index is 0.0329. The monoisotopic (exact) mass is 513 g/mol. The molecule has 0 unspecified atom stereocenters. The van der Waals surface area contributed by atoms with Gasteiger partial charge in [-0.25, -0.2) is 4.79 Å². The number of rotatable bonds is 9. The molecule has 0 radical (unpaired) electrons. The molecule has 6 rings (SSSR count). The second-order valence-corrected chi connectivity index (χ2v) is 11.3. The fraction of sp³-hybridized carbons (Fsp3) is 0.424. The van der Waals surface area contributed by atoms with Crippen molar-refractivity contribution < 1.29 is 18.8 Å². The Bertz CT molecular complexity index is 1200. The van der Waals surface area contributed by atoms with Crippen molar-refractivity contribution in [2.75, 3.05) is 37.7 Å². The fourth-order valence-corrected chi connectivity index (χ4v) is 6.47. The summed E-state index contributed by atoms with van der Waals surface area (Å²) in [5.74, 6) is 1.49. The van der Waals surface area contributed by atoms with E-state index in [1.54, 1.807) is 4.90 Å². The van der Waals surface area contributed by atoms with Crippen molar-refractivity contribution >= 4 is 11.8 Å². The molecule has 0 spiro atoms. The molecule has 2 bridgehead atoms. The van der Waals surface area contributed by atoms with E-state index in [0.717, 1.165) is 60.4 Å². The van der Waals surface area contributed by atoms with Gasteiger partial charge >= 0.3 is 6.09 Å². The van der Waals surface area contributed by atoms with E-state index in [1.807, 2.05) is 48.5 Å². The first-order valence-corrected chi connectivity index (χ1v) is 14.1. The van der Waals surface area contributed by atoms with Gasteiger partial charge in [0.25, 0.3) is 0 Å². The second-order valence-electron chi connectivity index (χ2n) is 11.3. The zero-order chi connectivity index (χ0) is 26.5. The maximum absolute atomic E-state index is 13.6. The first kappa shape index (κ1) is 26.3. The summed E-state index contributed by atoms with van der Waals surface area (Å²) < 4.78 is 13.6. The number of aryl methyl sites for hydroxylation is 3. The number of anilines is 1. The Balaban J connectivity index is 1.21. The predicted octanol–water partition coefficient (Wildman–Crippen LogP) is 6.83. The van der Waals surface area contributed by atoms with Gasteiger partial charge in [0.05, 0.1) is 32.8 Å². The molecule has 3 fully saturated rings. The average Bonchev–Trinajstić information content (AvgIpc) is 2.92. The normalized spacial score (nSPS) is 22.2. The van der Waals surface area contributed by atoms with E-state index >= 15 is 0 Å². The van der Waals surface area contributed by atoms with E-state index in [4.69, 9.17) is 9.47 Å². The van der Waals surface area contributed by atoms with Crippen molar-refractivity contribution in [1.29, 1.82) is 0 Å². The van der Waals surface area contributed by atoms with Gasteiger partial charge in [-0.2, -0.15) is 0 Å². The average molecular weight is 514 g/mol. The second kappa shape index (κ2) is 11.6. The molecule has 0 saturated carbocycles. The number of piperidine rings is 3. The van der Waals surface area contributed by atoms with Crippen LogP contribution in [-0.4, -0.2) is 49.5 Å². The van der Waals surface area contributed by atoms with Gasteiger partial charge in [0.1, 0.15) is 12.3 Å². The molecule has 1 amide bonds. The molecule has 5 heteroatoms. The first-order valence-electron chi connectivity index (χ1n) is 14.1. The van der Waals surface area contributed by atoms with Crippen LogP contribution in [0.2, 0.25) is 0 Å². The summed E-state index contributed by atoms with van der Waals surface area (Å²) in [7, 11) is 0. The zero-order valence-electron chi connectivity index (χ0n) is 23.1. The van der Waals surface area contributed by atoms with Crippen LogP contribution in [0.25, 0.3) is 0 Å². The Kier molecular flexibility index (Phi) is 8.04. The molecular weight excluding hydrogens is 472 g/mol. The van der Waals surface area contributed by atoms with Crippen LogP contribution in [0.4, 0.5) is 10.5 Å². The van der Waals surface area contributed by atoms with Crippen molar-refractivity contribution in [2.24, 2.45) is 5.92 Å².